The molecule has 3 nitrogen and oxygen atoms in total. The number of sulfone groups is 1. The predicted molar refractivity (Wildman–Crippen MR) is 82.9 cm³/mol. The number of hydrogen-bond donors (Lipinski definition) is 1. The molecule has 0 heterocycles. The second-order valence-electron chi connectivity index (χ2n) is 4.46. The first-order valence-corrected chi connectivity index (χ1v) is 8.24. The van der Waals surface area contributed by atoms with Crippen molar-refractivity contribution in [3.8, 4) is 0 Å². The van der Waals surface area contributed by atoms with Crippen molar-refractivity contribution in [3.63, 3.8) is 0 Å². The van der Waals surface area contributed by atoms with Crippen LogP contribution in [0.3, 0.4) is 0 Å². The van der Waals surface area contributed by atoms with Gasteiger partial charge in [-0.05, 0) is 30.2 Å². The SMILES string of the molecule is Cc1cccc(S(=O)(=O)Cc2cccc(Cl)c2Cl)c1N. The van der Waals surface area contributed by atoms with Gasteiger partial charge in [0.15, 0.2) is 9.84 Å². The molecule has 0 aromatic heterocycles. The largest absolute Gasteiger partial charge is 0.397 e. The Balaban J connectivity index is 2.47. The van der Waals surface area contributed by atoms with Crippen LogP contribution in [0.5, 0.6) is 0 Å². The van der Waals surface area contributed by atoms with Crippen LogP contribution >= 0.6 is 23.2 Å². The Bertz CT molecular complexity index is 758. The van der Waals surface area contributed by atoms with E-state index in [9.17, 15) is 8.42 Å². The first-order valence-electron chi connectivity index (χ1n) is 5.83. The third-order valence-electron chi connectivity index (χ3n) is 3.00. The van der Waals surface area contributed by atoms with Crippen LogP contribution in [0.2, 0.25) is 10.0 Å². The highest BCUT2D eigenvalue weighted by Crippen LogP contribution is 2.30. The fraction of sp³-hybridized carbons (Fsp3) is 0.143. The minimum absolute atomic E-state index is 0.119. The smallest absolute Gasteiger partial charge is 0.184 e. The summed E-state index contributed by atoms with van der Waals surface area (Å²) in [7, 11) is -3.57. The van der Waals surface area contributed by atoms with Crippen molar-refractivity contribution in [1.82, 2.24) is 0 Å². The molecule has 0 bridgehead atoms. The minimum Gasteiger partial charge on any atom is -0.397 e. The van der Waals surface area contributed by atoms with E-state index in [1.807, 2.05) is 0 Å². The molecule has 0 aliphatic rings. The van der Waals surface area contributed by atoms with Gasteiger partial charge in [-0.1, -0.05) is 47.5 Å². The molecule has 0 aliphatic carbocycles. The summed E-state index contributed by atoms with van der Waals surface area (Å²) >= 11 is 11.9. The van der Waals surface area contributed by atoms with Crippen LogP contribution in [0.1, 0.15) is 11.1 Å². The Labute approximate surface area is 128 Å². The number of anilines is 1. The molecule has 106 valence electrons. The zero-order valence-electron chi connectivity index (χ0n) is 10.7. The standard InChI is InChI=1S/C14H13Cl2NO2S/c1-9-4-2-7-12(14(9)17)20(18,19)8-10-5-3-6-11(15)13(10)16/h2-7H,8,17H2,1H3. The molecular formula is C14H13Cl2NO2S. The van der Waals surface area contributed by atoms with Crippen LogP contribution in [0.4, 0.5) is 5.69 Å². The fourth-order valence-electron chi connectivity index (χ4n) is 1.87. The second kappa shape index (κ2) is 5.64. The molecule has 2 N–H and O–H groups in total. The molecule has 0 saturated heterocycles. The van der Waals surface area contributed by atoms with Gasteiger partial charge in [0.1, 0.15) is 0 Å². The summed E-state index contributed by atoms with van der Waals surface area (Å²) in [5, 5.41) is 0.584. The van der Waals surface area contributed by atoms with Crippen LogP contribution < -0.4 is 5.73 Å². The van der Waals surface area contributed by atoms with E-state index in [1.54, 1.807) is 37.3 Å². The molecule has 6 heteroatoms. The number of rotatable bonds is 3. The third-order valence-corrected chi connectivity index (χ3v) is 5.57. The lowest BCUT2D eigenvalue weighted by Gasteiger charge is -2.11. The average Bonchev–Trinajstić information content (AvgIpc) is 2.38. The Kier molecular flexibility index (Phi) is 4.28. The van der Waals surface area contributed by atoms with E-state index < -0.39 is 9.84 Å². The molecular weight excluding hydrogens is 317 g/mol. The van der Waals surface area contributed by atoms with E-state index in [0.29, 0.717) is 10.6 Å². The average molecular weight is 330 g/mol. The van der Waals surface area contributed by atoms with Crippen LogP contribution in [0.15, 0.2) is 41.3 Å². The lowest BCUT2D eigenvalue weighted by molar-refractivity contribution is 0.595. The highest BCUT2D eigenvalue weighted by molar-refractivity contribution is 7.90. The number of halogens is 2. The van der Waals surface area contributed by atoms with Crippen LogP contribution in [-0.2, 0) is 15.6 Å². The highest BCUT2D eigenvalue weighted by atomic mass is 35.5. The summed E-state index contributed by atoms with van der Waals surface area (Å²) in [6.45, 7) is 1.76. The second-order valence-corrected chi connectivity index (χ2v) is 7.20. The van der Waals surface area contributed by atoms with Crippen LogP contribution in [-0.4, -0.2) is 8.42 Å². The molecule has 0 amide bonds. The minimum atomic E-state index is -3.57. The van der Waals surface area contributed by atoms with E-state index >= 15 is 0 Å². The van der Waals surface area contributed by atoms with Crippen molar-refractivity contribution in [2.75, 3.05) is 5.73 Å². The number of nitrogens with two attached hydrogens (primary N) is 1. The van der Waals surface area contributed by atoms with E-state index in [4.69, 9.17) is 28.9 Å². The topological polar surface area (TPSA) is 60.2 Å². The van der Waals surface area contributed by atoms with Crippen molar-refractivity contribution in [3.05, 3.63) is 57.6 Å². The third kappa shape index (κ3) is 2.92. The first-order chi connectivity index (χ1) is 9.33. The van der Waals surface area contributed by atoms with Gasteiger partial charge in [0, 0.05) is 0 Å². The van der Waals surface area contributed by atoms with Crippen molar-refractivity contribution < 1.29 is 8.42 Å². The van der Waals surface area contributed by atoms with Gasteiger partial charge in [-0.25, -0.2) is 8.42 Å². The van der Waals surface area contributed by atoms with Gasteiger partial charge in [-0.2, -0.15) is 0 Å². The van der Waals surface area contributed by atoms with Gasteiger partial charge < -0.3 is 5.73 Å². The number of para-hydroxylation sites is 1. The Morgan fingerprint density at radius 3 is 2.45 bits per heavy atom. The lowest BCUT2D eigenvalue weighted by Crippen LogP contribution is -2.09. The van der Waals surface area contributed by atoms with Crippen molar-refractivity contribution in [2.24, 2.45) is 0 Å². The molecule has 0 fully saturated rings. The predicted octanol–water partition coefficient (Wildman–Crippen LogP) is 3.86. The summed E-state index contributed by atoms with van der Waals surface area (Å²) < 4.78 is 24.9. The van der Waals surface area contributed by atoms with Crippen molar-refractivity contribution in [2.45, 2.75) is 17.6 Å². The van der Waals surface area contributed by atoms with Gasteiger partial charge in [0.05, 0.1) is 26.4 Å². The van der Waals surface area contributed by atoms with Gasteiger partial charge in [-0.15, -0.1) is 0 Å². The Morgan fingerprint density at radius 2 is 1.75 bits per heavy atom. The van der Waals surface area contributed by atoms with Crippen LogP contribution in [0.25, 0.3) is 0 Å². The van der Waals surface area contributed by atoms with Gasteiger partial charge in [0.25, 0.3) is 0 Å². The molecule has 0 atom stereocenters. The molecule has 0 spiro atoms. The zero-order valence-corrected chi connectivity index (χ0v) is 13.1. The van der Waals surface area contributed by atoms with E-state index in [2.05, 4.69) is 0 Å². The van der Waals surface area contributed by atoms with E-state index in [0.717, 1.165) is 5.56 Å². The maximum absolute atomic E-state index is 12.5. The maximum atomic E-state index is 12.5. The van der Waals surface area contributed by atoms with Gasteiger partial charge >= 0.3 is 0 Å². The molecule has 20 heavy (non-hydrogen) atoms. The van der Waals surface area contributed by atoms with Crippen LogP contribution in [0, 0.1) is 6.92 Å². The van der Waals surface area contributed by atoms with Gasteiger partial charge in [-0.3, -0.25) is 0 Å². The molecule has 0 aliphatic heterocycles. The lowest BCUT2D eigenvalue weighted by atomic mass is 10.2. The maximum Gasteiger partial charge on any atom is 0.184 e. The quantitative estimate of drug-likeness (QED) is 0.870. The number of benzene rings is 2. The number of aryl methyl sites for hydroxylation is 1. The zero-order chi connectivity index (χ0) is 14.9. The summed E-state index contributed by atoms with van der Waals surface area (Å²) in [6.07, 6.45) is 0. The molecule has 2 aromatic rings. The highest BCUT2D eigenvalue weighted by Gasteiger charge is 2.21. The Hall–Kier alpha value is -1.23. The van der Waals surface area contributed by atoms with E-state index in [-0.39, 0.29) is 21.4 Å². The molecule has 0 radical (unpaired) electrons. The summed E-state index contributed by atoms with van der Waals surface area (Å²) in [4.78, 5) is 0.119. The molecule has 0 saturated carbocycles. The summed E-state index contributed by atoms with van der Waals surface area (Å²) in [5.41, 5.74) is 7.30. The first kappa shape index (κ1) is 15.2. The van der Waals surface area contributed by atoms with Gasteiger partial charge in [0.2, 0.25) is 0 Å². The fourth-order valence-corrected chi connectivity index (χ4v) is 3.92. The summed E-state index contributed by atoms with van der Waals surface area (Å²) in [5.74, 6) is -0.236. The number of nitrogen functional groups attached to an aromatic ring is 1. The van der Waals surface area contributed by atoms with Crippen molar-refractivity contribution >= 4 is 38.7 Å². The molecule has 2 aromatic carbocycles. The Morgan fingerprint density at radius 1 is 1.10 bits per heavy atom. The molecule has 0 unspecified atom stereocenters. The van der Waals surface area contributed by atoms with Crippen molar-refractivity contribution in [1.29, 1.82) is 0 Å². The monoisotopic (exact) mass is 329 g/mol. The number of hydrogen-bond acceptors (Lipinski definition) is 3. The normalized spacial score (nSPS) is 11.6. The van der Waals surface area contributed by atoms with E-state index in [1.165, 1.54) is 6.07 Å². The molecule has 2 rings (SSSR count). The summed E-state index contributed by atoms with van der Waals surface area (Å²) in [6, 6.07) is 9.84.